The fraction of sp³-hybridized carbons (Fsp3) is 0.750. The number of nitrogens with one attached hydrogen (secondary N) is 1. The van der Waals surface area contributed by atoms with Crippen LogP contribution in [0.1, 0.15) is 25.7 Å². The average molecular weight is 270 g/mol. The molecule has 0 radical (unpaired) electrons. The molecule has 1 saturated carbocycles. The van der Waals surface area contributed by atoms with Crippen LogP contribution in [0.5, 0.6) is 0 Å². The standard InChI is InChI=1S/C12H18N2O5/c15-6-8(12(18)19)13-10(16)9-2-1-5-14(9)11(17)7-3-4-7/h7-9,15H,1-6H2,(H,13,16)(H,18,19)/t8-,9?/m0/s1. The lowest BCUT2D eigenvalue weighted by Gasteiger charge is -2.25. The molecule has 1 heterocycles. The third-order valence-corrected chi connectivity index (χ3v) is 3.56. The third kappa shape index (κ3) is 3.04. The largest absolute Gasteiger partial charge is 0.480 e. The average Bonchev–Trinajstić information content (AvgIpc) is 3.11. The molecule has 1 aliphatic carbocycles. The van der Waals surface area contributed by atoms with Gasteiger partial charge in [0.05, 0.1) is 6.61 Å². The Morgan fingerprint density at radius 3 is 2.47 bits per heavy atom. The van der Waals surface area contributed by atoms with Crippen LogP contribution in [0, 0.1) is 5.92 Å². The van der Waals surface area contributed by atoms with Gasteiger partial charge in [0.1, 0.15) is 12.1 Å². The van der Waals surface area contributed by atoms with Crippen molar-refractivity contribution in [3.63, 3.8) is 0 Å². The minimum absolute atomic E-state index is 0.00600. The van der Waals surface area contributed by atoms with Crippen LogP contribution < -0.4 is 5.32 Å². The normalized spacial score (nSPS) is 24.1. The first kappa shape index (κ1) is 13.8. The molecule has 3 N–H and O–H groups in total. The SMILES string of the molecule is O=C(N[C@@H](CO)C(=O)O)C1CCCN1C(=O)C1CC1. The number of amides is 2. The molecule has 2 amide bonds. The molecule has 0 spiro atoms. The molecule has 2 rings (SSSR count). The summed E-state index contributed by atoms with van der Waals surface area (Å²) >= 11 is 0. The Labute approximate surface area is 110 Å². The molecule has 1 saturated heterocycles. The second-order valence-electron chi connectivity index (χ2n) is 5.05. The summed E-state index contributed by atoms with van der Waals surface area (Å²) < 4.78 is 0. The van der Waals surface area contributed by atoms with Crippen molar-refractivity contribution in [1.82, 2.24) is 10.2 Å². The van der Waals surface area contributed by atoms with Crippen molar-refractivity contribution in [1.29, 1.82) is 0 Å². The van der Waals surface area contributed by atoms with E-state index in [9.17, 15) is 14.4 Å². The first-order valence-corrected chi connectivity index (χ1v) is 6.49. The Morgan fingerprint density at radius 2 is 1.95 bits per heavy atom. The van der Waals surface area contributed by atoms with Crippen LogP contribution in [0.3, 0.4) is 0 Å². The Kier molecular flexibility index (Phi) is 4.04. The van der Waals surface area contributed by atoms with Crippen LogP contribution in [0.15, 0.2) is 0 Å². The number of aliphatic hydroxyl groups excluding tert-OH is 1. The molecule has 2 aliphatic rings. The van der Waals surface area contributed by atoms with Gasteiger partial charge in [-0.2, -0.15) is 0 Å². The molecular formula is C12H18N2O5. The van der Waals surface area contributed by atoms with Gasteiger partial charge in [0.25, 0.3) is 0 Å². The van der Waals surface area contributed by atoms with E-state index in [2.05, 4.69) is 5.32 Å². The summed E-state index contributed by atoms with van der Waals surface area (Å²) in [6.07, 6.45) is 3.03. The van der Waals surface area contributed by atoms with Crippen LogP contribution in [-0.4, -0.2) is 58.1 Å². The van der Waals surface area contributed by atoms with E-state index in [1.807, 2.05) is 0 Å². The minimum Gasteiger partial charge on any atom is -0.480 e. The van der Waals surface area contributed by atoms with Crippen molar-refractivity contribution >= 4 is 17.8 Å². The summed E-state index contributed by atoms with van der Waals surface area (Å²) in [4.78, 5) is 36.3. The van der Waals surface area contributed by atoms with Gasteiger partial charge < -0.3 is 20.4 Å². The highest BCUT2D eigenvalue weighted by Gasteiger charge is 2.41. The lowest BCUT2D eigenvalue weighted by molar-refractivity contribution is -0.145. The fourth-order valence-corrected chi connectivity index (χ4v) is 2.32. The number of hydrogen-bond donors (Lipinski definition) is 3. The monoisotopic (exact) mass is 270 g/mol. The predicted octanol–water partition coefficient (Wildman–Crippen LogP) is -1.05. The lowest BCUT2D eigenvalue weighted by Crippen LogP contribution is -2.52. The van der Waals surface area contributed by atoms with E-state index >= 15 is 0 Å². The van der Waals surface area contributed by atoms with Crippen LogP contribution in [0.25, 0.3) is 0 Å². The van der Waals surface area contributed by atoms with Gasteiger partial charge in [-0.1, -0.05) is 0 Å². The maximum atomic E-state index is 12.0. The third-order valence-electron chi connectivity index (χ3n) is 3.56. The number of likely N-dealkylation sites (tertiary alicyclic amines) is 1. The number of carboxylic acid groups (broad SMARTS) is 1. The number of carboxylic acids is 1. The Morgan fingerprint density at radius 1 is 1.26 bits per heavy atom. The molecule has 0 aromatic rings. The summed E-state index contributed by atoms with van der Waals surface area (Å²) in [6.45, 7) is -0.116. The zero-order valence-corrected chi connectivity index (χ0v) is 10.5. The Balaban J connectivity index is 1.97. The van der Waals surface area contributed by atoms with Crippen LogP contribution in [0.2, 0.25) is 0 Å². The van der Waals surface area contributed by atoms with Gasteiger partial charge in [-0.25, -0.2) is 4.79 Å². The molecule has 7 nitrogen and oxygen atoms in total. The molecular weight excluding hydrogens is 252 g/mol. The highest BCUT2D eigenvalue weighted by atomic mass is 16.4. The van der Waals surface area contributed by atoms with Crippen LogP contribution >= 0.6 is 0 Å². The van der Waals surface area contributed by atoms with Gasteiger partial charge in [-0.05, 0) is 25.7 Å². The molecule has 2 fully saturated rings. The Bertz CT molecular complexity index is 394. The van der Waals surface area contributed by atoms with E-state index in [-0.39, 0.29) is 11.8 Å². The van der Waals surface area contributed by atoms with Crippen LogP contribution in [-0.2, 0) is 14.4 Å². The number of carbonyl (C=O) groups is 3. The summed E-state index contributed by atoms with van der Waals surface area (Å²) in [5, 5.41) is 19.9. The van der Waals surface area contributed by atoms with E-state index in [1.54, 1.807) is 4.90 Å². The molecule has 19 heavy (non-hydrogen) atoms. The van der Waals surface area contributed by atoms with E-state index < -0.39 is 30.6 Å². The molecule has 1 aliphatic heterocycles. The van der Waals surface area contributed by atoms with Crippen molar-refractivity contribution < 1.29 is 24.6 Å². The van der Waals surface area contributed by atoms with Gasteiger partial charge in [0.15, 0.2) is 0 Å². The highest BCUT2D eigenvalue weighted by Crippen LogP contribution is 2.33. The zero-order valence-electron chi connectivity index (χ0n) is 10.5. The lowest BCUT2D eigenvalue weighted by atomic mass is 10.1. The first-order chi connectivity index (χ1) is 9.04. The second kappa shape index (κ2) is 5.56. The number of aliphatic hydroxyl groups is 1. The van der Waals surface area contributed by atoms with E-state index in [0.29, 0.717) is 13.0 Å². The molecule has 106 valence electrons. The molecule has 0 aromatic carbocycles. The zero-order chi connectivity index (χ0) is 14.0. The molecule has 7 heteroatoms. The summed E-state index contributed by atoms with van der Waals surface area (Å²) in [5.74, 6) is -1.74. The fourth-order valence-electron chi connectivity index (χ4n) is 2.32. The van der Waals surface area contributed by atoms with Crippen molar-refractivity contribution in [2.45, 2.75) is 37.8 Å². The predicted molar refractivity (Wildman–Crippen MR) is 64.1 cm³/mol. The second-order valence-corrected chi connectivity index (χ2v) is 5.05. The van der Waals surface area contributed by atoms with Crippen molar-refractivity contribution in [3.8, 4) is 0 Å². The summed E-state index contributed by atoms with van der Waals surface area (Å²) in [5.41, 5.74) is 0. The first-order valence-electron chi connectivity index (χ1n) is 6.49. The molecule has 0 bridgehead atoms. The topological polar surface area (TPSA) is 107 Å². The summed E-state index contributed by atoms with van der Waals surface area (Å²) in [7, 11) is 0. The smallest absolute Gasteiger partial charge is 0.328 e. The maximum absolute atomic E-state index is 12.0. The molecule has 0 aromatic heterocycles. The van der Waals surface area contributed by atoms with E-state index in [0.717, 1.165) is 19.3 Å². The maximum Gasteiger partial charge on any atom is 0.328 e. The van der Waals surface area contributed by atoms with Gasteiger partial charge in [0.2, 0.25) is 11.8 Å². The van der Waals surface area contributed by atoms with Gasteiger partial charge in [-0.15, -0.1) is 0 Å². The molecule has 2 atom stereocenters. The van der Waals surface area contributed by atoms with E-state index in [4.69, 9.17) is 10.2 Å². The number of hydrogen-bond acceptors (Lipinski definition) is 4. The van der Waals surface area contributed by atoms with Crippen molar-refractivity contribution in [2.24, 2.45) is 5.92 Å². The number of aliphatic carboxylic acids is 1. The summed E-state index contributed by atoms with van der Waals surface area (Å²) in [6, 6.07) is -1.91. The number of rotatable bonds is 5. The number of carbonyl (C=O) groups excluding carboxylic acids is 2. The van der Waals surface area contributed by atoms with Crippen molar-refractivity contribution in [3.05, 3.63) is 0 Å². The van der Waals surface area contributed by atoms with Gasteiger partial charge in [-0.3, -0.25) is 9.59 Å². The quantitative estimate of drug-likeness (QED) is 0.591. The Hall–Kier alpha value is -1.63. The highest BCUT2D eigenvalue weighted by molar-refractivity contribution is 5.92. The number of nitrogens with zero attached hydrogens (tertiary/aromatic N) is 1. The minimum atomic E-state index is -1.31. The van der Waals surface area contributed by atoms with Crippen LogP contribution in [0.4, 0.5) is 0 Å². The molecule has 1 unspecified atom stereocenters. The van der Waals surface area contributed by atoms with E-state index in [1.165, 1.54) is 0 Å². The van der Waals surface area contributed by atoms with Crippen molar-refractivity contribution in [2.75, 3.05) is 13.2 Å². The van der Waals surface area contributed by atoms with Gasteiger partial charge >= 0.3 is 5.97 Å². The van der Waals surface area contributed by atoms with Gasteiger partial charge in [0, 0.05) is 12.5 Å².